The zero-order valence-corrected chi connectivity index (χ0v) is 12.8. The van der Waals surface area contributed by atoms with Crippen molar-refractivity contribution in [2.24, 2.45) is 5.92 Å². The summed E-state index contributed by atoms with van der Waals surface area (Å²) in [6, 6.07) is 5.30. The van der Waals surface area contributed by atoms with Gasteiger partial charge in [0, 0.05) is 19.0 Å². The van der Waals surface area contributed by atoms with E-state index < -0.39 is 0 Å². The first-order chi connectivity index (χ1) is 10.1. The first-order valence-electron chi connectivity index (χ1n) is 7.30. The fourth-order valence-electron chi connectivity index (χ4n) is 2.83. The molecular weight excluding hydrogens is 270 g/mol. The molecule has 0 aliphatic carbocycles. The molecule has 0 radical (unpaired) electrons. The van der Waals surface area contributed by atoms with Crippen molar-refractivity contribution < 1.29 is 19.4 Å². The van der Waals surface area contributed by atoms with E-state index in [4.69, 9.17) is 9.47 Å². The van der Waals surface area contributed by atoms with Gasteiger partial charge in [-0.15, -0.1) is 0 Å². The Labute approximate surface area is 125 Å². The maximum Gasteiger partial charge on any atom is 0.257 e. The third kappa shape index (κ3) is 3.13. The lowest BCUT2D eigenvalue weighted by atomic mass is 9.92. The highest BCUT2D eigenvalue weighted by Crippen LogP contribution is 2.32. The summed E-state index contributed by atoms with van der Waals surface area (Å²) in [7, 11) is 3.08. The lowest BCUT2D eigenvalue weighted by molar-refractivity contribution is 0.0227. The van der Waals surface area contributed by atoms with Crippen LogP contribution in [0.2, 0.25) is 0 Å². The van der Waals surface area contributed by atoms with Crippen LogP contribution in [0, 0.1) is 5.92 Å². The molecule has 116 valence electrons. The van der Waals surface area contributed by atoms with Crippen molar-refractivity contribution in [3.8, 4) is 11.5 Å². The van der Waals surface area contributed by atoms with Crippen LogP contribution < -0.4 is 9.47 Å². The van der Waals surface area contributed by atoms with Crippen molar-refractivity contribution in [1.29, 1.82) is 0 Å². The maximum atomic E-state index is 12.7. The number of piperidine rings is 1. The number of nitrogens with zero attached hydrogens (tertiary/aromatic N) is 1. The molecule has 1 aliphatic rings. The second kappa shape index (κ2) is 6.80. The molecule has 0 bridgehead atoms. The highest BCUT2D eigenvalue weighted by Gasteiger charge is 2.31. The van der Waals surface area contributed by atoms with E-state index in [1.54, 1.807) is 30.2 Å². The van der Waals surface area contributed by atoms with Gasteiger partial charge in [0.15, 0.2) is 11.5 Å². The van der Waals surface area contributed by atoms with Gasteiger partial charge in [0.1, 0.15) is 0 Å². The summed E-state index contributed by atoms with van der Waals surface area (Å²) < 4.78 is 10.6. The average Bonchev–Trinajstić information content (AvgIpc) is 2.53. The molecule has 0 saturated carbocycles. The third-order valence-electron chi connectivity index (χ3n) is 4.14. The molecule has 2 rings (SSSR count). The number of rotatable bonds is 4. The van der Waals surface area contributed by atoms with E-state index in [0.29, 0.717) is 36.6 Å². The number of carbonyl (C=O) groups is 1. The van der Waals surface area contributed by atoms with E-state index in [-0.39, 0.29) is 17.9 Å². The lowest BCUT2D eigenvalue weighted by Crippen LogP contribution is -2.45. The van der Waals surface area contributed by atoms with E-state index in [2.05, 4.69) is 0 Å². The summed E-state index contributed by atoms with van der Waals surface area (Å²) in [6.45, 7) is 3.18. The SMILES string of the molecule is CCC1CN(C(=O)c2cccc(OC)c2OC)CCC1O. The molecule has 1 heterocycles. The molecule has 1 aliphatic heterocycles. The number of methoxy groups -OCH3 is 2. The van der Waals surface area contributed by atoms with Gasteiger partial charge >= 0.3 is 0 Å². The van der Waals surface area contributed by atoms with Crippen LogP contribution in [0.4, 0.5) is 0 Å². The summed E-state index contributed by atoms with van der Waals surface area (Å²) in [5.41, 5.74) is 0.503. The second-order valence-corrected chi connectivity index (χ2v) is 5.32. The molecule has 1 saturated heterocycles. The topological polar surface area (TPSA) is 59.0 Å². The molecule has 0 spiro atoms. The van der Waals surface area contributed by atoms with Gasteiger partial charge in [-0.05, 0) is 25.0 Å². The van der Waals surface area contributed by atoms with Crippen LogP contribution in [0.25, 0.3) is 0 Å². The summed E-state index contributed by atoms with van der Waals surface area (Å²) >= 11 is 0. The van der Waals surface area contributed by atoms with E-state index in [1.165, 1.54) is 7.11 Å². The van der Waals surface area contributed by atoms with Crippen LogP contribution in [-0.2, 0) is 0 Å². The Balaban J connectivity index is 2.24. The Morgan fingerprint density at radius 3 is 2.76 bits per heavy atom. The summed E-state index contributed by atoms with van der Waals surface area (Å²) in [5, 5.41) is 9.94. The fourth-order valence-corrected chi connectivity index (χ4v) is 2.83. The van der Waals surface area contributed by atoms with Gasteiger partial charge in [-0.2, -0.15) is 0 Å². The monoisotopic (exact) mass is 293 g/mol. The number of aliphatic hydroxyl groups is 1. The first kappa shape index (κ1) is 15.6. The molecule has 1 N–H and O–H groups in total. The van der Waals surface area contributed by atoms with E-state index >= 15 is 0 Å². The molecule has 1 amide bonds. The minimum absolute atomic E-state index is 0.0731. The van der Waals surface area contributed by atoms with Crippen LogP contribution in [0.1, 0.15) is 30.1 Å². The molecule has 2 atom stereocenters. The molecule has 0 aromatic heterocycles. The summed E-state index contributed by atoms with van der Waals surface area (Å²) in [6.07, 6.45) is 1.17. The van der Waals surface area contributed by atoms with Gasteiger partial charge in [-0.25, -0.2) is 0 Å². The average molecular weight is 293 g/mol. The number of aliphatic hydroxyl groups excluding tert-OH is 1. The van der Waals surface area contributed by atoms with E-state index in [1.807, 2.05) is 6.92 Å². The normalized spacial score (nSPS) is 22.0. The summed E-state index contributed by atoms with van der Waals surface area (Å²) in [4.78, 5) is 14.5. The highest BCUT2D eigenvalue weighted by molar-refractivity contribution is 5.97. The highest BCUT2D eigenvalue weighted by atomic mass is 16.5. The van der Waals surface area contributed by atoms with Crippen molar-refractivity contribution in [3.05, 3.63) is 23.8 Å². The molecule has 21 heavy (non-hydrogen) atoms. The van der Waals surface area contributed by atoms with Crippen LogP contribution in [-0.4, -0.2) is 49.3 Å². The predicted molar refractivity (Wildman–Crippen MR) is 79.9 cm³/mol. The van der Waals surface area contributed by atoms with Gasteiger partial charge < -0.3 is 19.5 Å². The fraction of sp³-hybridized carbons (Fsp3) is 0.562. The molecule has 5 nitrogen and oxygen atoms in total. The maximum absolute atomic E-state index is 12.7. The van der Waals surface area contributed by atoms with Gasteiger partial charge in [0.2, 0.25) is 0 Å². The number of benzene rings is 1. The second-order valence-electron chi connectivity index (χ2n) is 5.32. The Bertz CT molecular complexity index is 503. The standard InChI is InChI=1S/C16H23NO4/c1-4-11-10-17(9-8-13(11)18)16(19)12-6-5-7-14(20-2)15(12)21-3/h5-7,11,13,18H,4,8-10H2,1-3H3. The number of likely N-dealkylation sites (tertiary alicyclic amines) is 1. The van der Waals surface area contributed by atoms with Crippen molar-refractivity contribution in [2.45, 2.75) is 25.9 Å². The predicted octanol–water partition coefficient (Wildman–Crippen LogP) is 1.94. The van der Waals surface area contributed by atoms with Gasteiger partial charge in [-0.1, -0.05) is 13.0 Å². The van der Waals surface area contributed by atoms with E-state index in [9.17, 15) is 9.90 Å². The van der Waals surface area contributed by atoms with Crippen LogP contribution in [0.15, 0.2) is 18.2 Å². The van der Waals surface area contributed by atoms with Crippen LogP contribution in [0.5, 0.6) is 11.5 Å². The van der Waals surface area contributed by atoms with Crippen molar-refractivity contribution in [1.82, 2.24) is 4.90 Å². The van der Waals surface area contributed by atoms with Crippen LogP contribution >= 0.6 is 0 Å². The third-order valence-corrected chi connectivity index (χ3v) is 4.14. The first-order valence-corrected chi connectivity index (χ1v) is 7.30. The Hall–Kier alpha value is -1.75. The summed E-state index contributed by atoms with van der Waals surface area (Å²) in [5.74, 6) is 1.08. The number of hydrogen-bond acceptors (Lipinski definition) is 4. The van der Waals surface area contributed by atoms with Gasteiger partial charge in [-0.3, -0.25) is 4.79 Å². The Morgan fingerprint density at radius 1 is 1.38 bits per heavy atom. The number of para-hydroxylation sites is 1. The van der Waals surface area contributed by atoms with E-state index in [0.717, 1.165) is 6.42 Å². The quantitative estimate of drug-likeness (QED) is 0.921. The molecular formula is C16H23NO4. The number of carbonyl (C=O) groups excluding carboxylic acids is 1. The van der Waals surface area contributed by atoms with Crippen molar-refractivity contribution in [3.63, 3.8) is 0 Å². The smallest absolute Gasteiger partial charge is 0.257 e. The zero-order valence-electron chi connectivity index (χ0n) is 12.8. The molecule has 1 aromatic carbocycles. The minimum Gasteiger partial charge on any atom is -0.493 e. The Morgan fingerprint density at radius 2 is 2.14 bits per heavy atom. The lowest BCUT2D eigenvalue weighted by Gasteiger charge is -2.36. The largest absolute Gasteiger partial charge is 0.493 e. The Kier molecular flexibility index (Phi) is 5.07. The zero-order chi connectivity index (χ0) is 15.4. The van der Waals surface area contributed by atoms with Crippen LogP contribution in [0.3, 0.4) is 0 Å². The molecule has 2 unspecified atom stereocenters. The van der Waals surface area contributed by atoms with Crippen molar-refractivity contribution >= 4 is 5.91 Å². The number of ether oxygens (including phenoxy) is 2. The minimum atomic E-state index is -0.314. The molecule has 1 aromatic rings. The number of hydrogen-bond donors (Lipinski definition) is 1. The van der Waals surface area contributed by atoms with Gasteiger partial charge in [0.05, 0.1) is 25.9 Å². The number of amides is 1. The van der Waals surface area contributed by atoms with Gasteiger partial charge in [0.25, 0.3) is 5.91 Å². The molecule has 5 heteroatoms. The molecule has 1 fully saturated rings. The van der Waals surface area contributed by atoms with Crippen molar-refractivity contribution in [2.75, 3.05) is 27.3 Å².